The lowest BCUT2D eigenvalue weighted by atomic mass is 10.4. The van der Waals surface area contributed by atoms with Gasteiger partial charge in [-0.05, 0) is 46.7 Å². The fourth-order valence-corrected chi connectivity index (χ4v) is 3.17. The van der Waals surface area contributed by atoms with E-state index in [-0.39, 0.29) is 10.9 Å². The van der Waals surface area contributed by atoms with Crippen molar-refractivity contribution in [3.8, 4) is 0 Å². The maximum atomic E-state index is 11.0. The van der Waals surface area contributed by atoms with Crippen LogP contribution in [0.25, 0.3) is 0 Å². The zero-order chi connectivity index (χ0) is 7.72. The van der Waals surface area contributed by atoms with Crippen LogP contribution in [0.3, 0.4) is 0 Å². The number of aromatic nitrogens is 1. The van der Waals surface area contributed by atoms with Gasteiger partial charge in [0.05, 0.1) is 0 Å². The van der Waals surface area contributed by atoms with Gasteiger partial charge in [0.25, 0.3) is 0 Å². The standard InChI is InChI=1S/C5H7NOS3/c1-3(2)6-4(7)9-10-5(6)8/h3H,1-2H3. The van der Waals surface area contributed by atoms with E-state index in [0.717, 1.165) is 0 Å². The summed E-state index contributed by atoms with van der Waals surface area (Å²) < 4.78 is 2.31. The van der Waals surface area contributed by atoms with Crippen LogP contribution in [0.4, 0.5) is 0 Å². The van der Waals surface area contributed by atoms with E-state index in [1.54, 1.807) is 4.57 Å². The van der Waals surface area contributed by atoms with E-state index in [2.05, 4.69) is 0 Å². The van der Waals surface area contributed by atoms with E-state index in [9.17, 15) is 4.79 Å². The molecule has 0 aromatic carbocycles. The number of rotatable bonds is 1. The van der Waals surface area contributed by atoms with Crippen molar-refractivity contribution >= 4 is 32.9 Å². The van der Waals surface area contributed by atoms with Crippen molar-refractivity contribution in [1.29, 1.82) is 0 Å². The summed E-state index contributed by atoms with van der Waals surface area (Å²) in [5, 5.41) is 0. The second-order valence-corrected chi connectivity index (χ2v) is 4.88. The van der Waals surface area contributed by atoms with E-state index >= 15 is 0 Å². The molecular formula is C5H7NOS3. The van der Waals surface area contributed by atoms with Gasteiger partial charge in [0.2, 0.25) is 0 Å². The molecule has 0 bridgehead atoms. The van der Waals surface area contributed by atoms with Gasteiger partial charge < -0.3 is 0 Å². The lowest BCUT2D eigenvalue weighted by Crippen LogP contribution is -2.14. The minimum Gasteiger partial charge on any atom is -0.278 e. The predicted molar refractivity (Wildman–Crippen MR) is 47.7 cm³/mol. The summed E-state index contributed by atoms with van der Waals surface area (Å²) in [6, 6.07) is 0.197. The van der Waals surface area contributed by atoms with Crippen LogP contribution in [0.2, 0.25) is 0 Å². The summed E-state index contributed by atoms with van der Waals surface area (Å²) in [7, 11) is 2.57. The predicted octanol–water partition coefficient (Wildman–Crippen LogP) is 2.28. The molecule has 0 fully saturated rings. The first-order valence-electron chi connectivity index (χ1n) is 2.84. The molecule has 2 nitrogen and oxygen atoms in total. The molecule has 0 aliphatic heterocycles. The van der Waals surface area contributed by atoms with Crippen LogP contribution in [-0.2, 0) is 0 Å². The van der Waals surface area contributed by atoms with Crippen LogP contribution >= 0.6 is 32.9 Å². The Kier molecular flexibility index (Phi) is 2.38. The number of hydrogen-bond acceptors (Lipinski definition) is 4. The first-order chi connectivity index (χ1) is 4.63. The van der Waals surface area contributed by atoms with Crippen LogP contribution in [-0.4, -0.2) is 4.57 Å². The molecule has 0 unspecified atom stereocenters. The van der Waals surface area contributed by atoms with Gasteiger partial charge in [0, 0.05) is 6.04 Å². The van der Waals surface area contributed by atoms with E-state index in [4.69, 9.17) is 12.2 Å². The molecule has 0 atom stereocenters. The molecule has 56 valence electrons. The molecule has 0 radical (unpaired) electrons. The second-order valence-electron chi connectivity index (χ2n) is 2.16. The zero-order valence-corrected chi connectivity index (χ0v) is 8.11. The number of nitrogens with zero attached hydrogens (tertiary/aromatic N) is 1. The van der Waals surface area contributed by atoms with Crippen LogP contribution in [0.5, 0.6) is 0 Å². The third kappa shape index (κ3) is 1.36. The Hall–Kier alpha value is -0.0000000000000000555. The molecule has 0 aliphatic carbocycles. The number of hydrogen-bond donors (Lipinski definition) is 0. The molecule has 0 saturated carbocycles. The van der Waals surface area contributed by atoms with Gasteiger partial charge in [0.15, 0.2) is 3.95 Å². The summed E-state index contributed by atoms with van der Waals surface area (Å²) in [4.78, 5) is 11.1. The van der Waals surface area contributed by atoms with Crippen LogP contribution in [0.1, 0.15) is 19.9 Å². The minimum absolute atomic E-state index is 0.0602. The summed E-state index contributed by atoms with van der Waals surface area (Å²) in [5.41, 5.74) is 0. The third-order valence-electron chi connectivity index (χ3n) is 1.09. The second kappa shape index (κ2) is 2.94. The minimum atomic E-state index is 0.0602. The average Bonchev–Trinajstić information content (AvgIpc) is 2.11. The van der Waals surface area contributed by atoms with Gasteiger partial charge in [-0.2, -0.15) is 0 Å². The Morgan fingerprint density at radius 2 is 2.10 bits per heavy atom. The fourth-order valence-electron chi connectivity index (χ4n) is 0.648. The largest absolute Gasteiger partial charge is 0.318 e. The molecule has 0 amide bonds. The molecule has 0 N–H and O–H groups in total. The maximum absolute atomic E-state index is 11.0. The van der Waals surface area contributed by atoms with Crippen LogP contribution in [0.15, 0.2) is 4.79 Å². The van der Waals surface area contributed by atoms with Gasteiger partial charge in [-0.3, -0.25) is 9.36 Å². The highest BCUT2D eigenvalue weighted by Gasteiger charge is 2.03. The van der Waals surface area contributed by atoms with Crippen molar-refractivity contribution in [2.45, 2.75) is 19.9 Å². The molecular weight excluding hydrogens is 186 g/mol. The SMILES string of the molecule is CC(C)n1c(=O)ssc1=S. The van der Waals surface area contributed by atoms with Gasteiger partial charge in [-0.25, -0.2) is 0 Å². The molecule has 5 heteroatoms. The summed E-state index contributed by atoms with van der Waals surface area (Å²) in [6.07, 6.45) is 0. The van der Waals surface area contributed by atoms with Crippen molar-refractivity contribution in [2.24, 2.45) is 0 Å². The normalized spacial score (nSPS) is 10.7. The van der Waals surface area contributed by atoms with Crippen molar-refractivity contribution in [3.63, 3.8) is 0 Å². The highest BCUT2D eigenvalue weighted by atomic mass is 32.9. The molecule has 1 aromatic heterocycles. The van der Waals surface area contributed by atoms with Crippen molar-refractivity contribution < 1.29 is 0 Å². The Morgan fingerprint density at radius 3 is 2.30 bits per heavy atom. The van der Waals surface area contributed by atoms with Crippen LogP contribution in [0, 0.1) is 3.95 Å². The maximum Gasteiger partial charge on any atom is 0.318 e. The Bertz CT molecular complexity index is 291. The van der Waals surface area contributed by atoms with E-state index in [0.29, 0.717) is 3.95 Å². The fraction of sp³-hybridized carbons (Fsp3) is 0.600. The van der Waals surface area contributed by atoms with E-state index < -0.39 is 0 Å². The summed E-state index contributed by atoms with van der Waals surface area (Å²) >= 11 is 4.94. The Labute approximate surface area is 71.1 Å². The summed E-state index contributed by atoms with van der Waals surface area (Å²) in [6.45, 7) is 3.91. The van der Waals surface area contributed by atoms with Crippen molar-refractivity contribution in [1.82, 2.24) is 4.57 Å². The molecule has 1 rings (SSSR count). The Balaban J connectivity index is 3.38. The molecule has 0 aliphatic rings. The topological polar surface area (TPSA) is 22.0 Å². The highest BCUT2D eigenvalue weighted by Crippen LogP contribution is 2.09. The average molecular weight is 193 g/mol. The molecule has 10 heavy (non-hydrogen) atoms. The lowest BCUT2D eigenvalue weighted by molar-refractivity contribution is 0.588. The van der Waals surface area contributed by atoms with E-state index in [1.165, 1.54) is 20.7 Å². The van der Waals surface area contributed by atoms with Gasteiger partial charge in [-0.15, -0.1) is 0 Å². The van der Waals surface area contributed by atoms with Crippen molar-refractivity contribution in [2.75, 3.05) is 0 Å². The summed E-state index contributed by atoms with van der Waals surface area (Å²) in [5.74, 6) is 0. The van der Waals surface area contributed by atoms with E-state index in [1.807, 2.05) is 13.8 Å². The smallest absolute Gasteiger partial charge is 0.278 e. The quantitative estimate of drug-likeness (QED) is 0.504. The molecule has 0 spiro atoms. The zero-order valence-electron chi connectivity index (χ0n) is 5.66. The monoisotopic (exact) mass is 193 g/mol. The van der Waals surface area contributed by atoms with Crippen molar-refractivity contribution in [3.05, 3.63) is 13.6 Å². The third-order valence-corrected chi connectivity index (χ3v) is 3.77. The first kappa shape index (κ1) is 8.10. The highest BCUT2D eigenvalue weighted by molar-refractivity contribution is 7.79. The Morgan fingerprint density at radius 1 is 1.50 bits per heavy atom. The van der Waals surface area contributed by atoms with Crippen LogP contribution < -0.4 is 4.87 Å². The lowest BCUT2D eigenvalue weighted by Gasteiger charge is -2.01. The van der Waals surface area contributed by atoms with Gasteiger partial charge in [0.1, 0.15) is 0 Å². The molecule has 0 saturated heterocycles. The molecule has 1 aromatic rings. The van der Waals surface area contributed by atoms with Gasteiger partial charge in [-0.1, -0.05) is 0 Å². The van der Waals surface area contributed by atoms with Gasteiger partial charge >= 0.3 is 4.87 Å². The first-order valence-corrected chi connectivity index (χ1v) is 5.40. The molecule has 1 heterocycles.